The number of hydrogen-bond donors (Lipinski definition) is 0. The van der Waals surface area contributed by atoms with Gasteiger partial charge in [-0.25, -0.2) is 8.42 Å². The van der Waals surface area contributed by atoms with Crippen LogP contribution in [-0.2, 0) is 21.2 Å². The Kier molecular flexibility index (Phi) is 4.08. The van der Waals surface area contributed by atoms with E-state index in [1.807, 2.05) is 0 Å². The van der Waals surface area contributed by atoms with E-state index in [-0.39, 0.29) is 24.0 Å². The molecule has 2 aromatic rings. The van der Waals surface area contributed by atoms with Crippen LogP contribution < -0.4 is 13.9 Å². The highest BCUT2D eigenvalue weighted by Gasteiger charge is 2.32. The molecule has 0 saturated carbocycles. The zero-order chi connectivity index (χ0) is 18.5. The van der Waals surface area contributed by atoms with E-state index in [0.29, 0.717) is 29.4 Å². The first-order valence-electron chi connectivity index (χ1n) is 8.24. The average Bonchev–Trinajstić information content (AvgIpc) is 3.04. The third-order valence-electron chi connectivity index (χ3n) is 4.66. The van der Waals surface area contributed by atoms with Crippen LogP contribution in [0.25, 0.3) is 0 Å². The number of fused-ring (bicyclic) bond motifs is 2. The number of ether oxygens (including phenoxy) is 1. The Morgan fingerprint density at radius 1 is 1.12 bits per heavy atom. The van der Waals surface area contributed by atoms with Crippen molar-refractivity contribution in [1.29, 1.82) is 0 Å². The Balaban J connectivity index is 1.75. The third-order valence-corrected chi connectivity index (χ3v) is 6.70. The van der Waals surface area contributed by atoms with Gasteiger partial charge in [-0.3, -0.25) is 9.10 Å². The number of anilines is 2. The summed E-state index contributed by atoms with van der Waals surface area (Å²) < 4.78 is 33.3. The molecule has 2 aromatic carbocycles. The monoisotopic (exact) mass is 392 g/mol. The van der Waals surface area contributed by atoms with E-state index in [2.05, 4.69) is 0 Å². The van der Waals surface area contributed by atoms with Gasteiger partial charge in [-0.2, -0.15) is 0 Å². The first-order valence-corrected chi connectivity index (χ1v) is 10.1. The summed E-state index contributed by atoms with van der Waals surface area (Å²) in [6, 6.07) is 9.85. The Bertz CT molecular complexity index is 1010. The molecule has 0 aromatic heterocycles. The maximum Gasteiger partial charge on any atom is 0.264 e. The highest BCUT2D eigenvalue weighted by Crippen LogP contribution is 2.38. The lowest BCUT2D eigenvalue weighted by Gasteiger charge is -2.30. The van der Waals surface area contributed by atoms with Gasteiger partial charge in [0.15, 0.2) is 0 Å². The first-order chi connectivity index (χ1) is 12.4. The molecule has 8 heteroatoms. The van der Waals surface area contributed by atoms with E-state index in [1.165, 1.54) is 11.2 Å². The summed E-state index contributed by atoms with van der Waals surface area (Å²) in [6.07, 6.45) is 0.643. The van der Waals surface area contributed by atoms with Gasteiger partial charge in [0.25, 0.3) is 10.0 Å². The number of sulfonamides is 1. The average molecular weight is 393 g/mol. The molecule has 0 N–H and O–H groups in total. The van der Waals surface area contributed by atoms with E-state index in [1.54, 1.807) is 41.3 Å². The largest absolute Gasteiger partial charge is 0.489 e. The fourth-order valence-corrected chi connectivity index (χ4v) is 5.08. The second-order valence-electron chi connectivity index (χ2n) is 6.25. The molecule has 6 nitrogen and oxygen atoms in total. The van der Waals surface area contributed by atoms with Crippen molar-refractivity contribution in [1.82, 2.24) is 0 Å². The van der Waals surface area contributed by atoms with E-state index in [4.69, 9.17) is 16.3 Å². The number of rotatable bonds is 2. The Morgan fingerprint density at radius 3 is 2.69 bits per heavy atom. The van der Waals surface area contributed by atoms with Gasteiger partial charge in [0.05, 0.1) is 17.1 Å². The summed E-state index contributed by atoms with van der Waals surface area (Å²) in [7, 11) is -3.76. The van der Waals surface area contributed by atoms with Crippen LogP contribution in [0.5, 0.6) is 5.75 Å². The van der Waals surface area contributed by atoms with E-state index < -0.39 is 10.0 Å². The van der Waals surface area contributed by atoms with Crippen molar-refractivity contribution in [3.8, 4) is 5.75 Å². The van der Waals surface area contributed by atoms with Crippen LogP contribution in [0.2, 0.25) is 5.02 Å². The number of halogens is 1. The summed E-state index contributed by atoms with van der Waals surface area (Å²) in [4.78, 5) is 13.5. The minimum atomic E-state index is -3.76. The van der Waals surface area contributed by atoms with Crippen molar-refractivity contribution in [2.45, 2.75) is 18.2 Å². The zero-order valence-corrected chi connectivity index (χ0v) is 15.7. The van der Waals surface area contributed by atoms with Crippen molar-refractivity contribution in [2.24, 2.45) is 0 Å². The normalized spacial score (nSPS) is 16.1. The van der Waals surface area contributed by atoms with Crippen LogP contribution in [0, 0.1) is 0 Å². The number of amides is 1. The van der Waals surface area contributed by atoms with Crippen LogP contribution in [0.4, 0.5) is 11.4 Å². The molecule has 2 aliphatic heterocycles. The predicted molar refractivity (Wildman–Crippen MR) is 99.7 cm³/mol. The van der Waals surface area contributed by atoms with E-state index >= 15 is 0 Å². The number of carbonyl (C=O) groups excluding carboxylic acids is 1. The van der Waals surface area contributed by atoms with Gasteiger partial charge in [-0.1, -0.05) is 11.6 Å². The molecule has 0 saturated heterocycles. The quantitative estimate of drug-likeness (QED) is 0.788. The van der Waals surface area contributed by atoms with Crippen molar-refractivity contribution in [2.75, 3.05) is 28.9 Å². The van der Waals surface area contributed by atoms with Gasteiger partial charge in [0.2, 0.25) is 5.91 Å². The SMILES string of the molecule is CC(=O)N1CCc2cc(S(=O)(=O)N3CCOc4ccc(Cl)cc43)ccc21. The molecule has 0 spiro atoms. The minimum absolute atomic E-state index is 0.0453. The smallest absolute Gasteiger partial charge is 0.264 e. The minimum Gasteiger partial charge on any atom is -0.489 e. The highest BCUT2D eigenvalue weighted by molar-refractivity contribution is 7.92. The standard InChI is InChI=1S/C18H17ClN2O4S/c1-12(22)20-7-6-13-10-15(3-4-16(13)20)26(23,24)21-8-9-25-18-5-2-14(19)11-17(18)21/h2-5,10-11H,6-9H2,1H3. The maximum atomic E-state index is 13.2. The molecule has 2 aliphatic rings. The molecular formula is C18H17ClN2O4S. The Morgan fingerprint density at radius 2 is 1.92 bits per heavy atom. The molecule has 0 aliphatic carbocycles. The van der Waals surface area contributed by atoms with Gasteiger partial charge in [-0.15, -0.1) is 0 Å². The summed E-state index contributed by atoms with van der Waals surface area (Å²) in [5.41, 5.74) is 2.08. The number of hydrogen-bond acceptors (Lipinski definition) is 4. The van der Waals surface area contributed by atoms with Crippen molar-refractivity contribution in [3.05, 3.63) is 47.0 Å². The summed E-state index contributed by atoms with van der Waals surface area (Å²) in [5.74, 6) is 0.448. The maximum absolute atomic E-state index is 13.2. The Hall–Kier alpha value is -2.25. The molecule has 136 valence electrons. The van der Waals surface area contributed by atoms with E-state index in [0.717, 1.165) is 11.3 Å². The zero-order valence-electron chi connectivity index (χ0n) is 14.1. The molecule has 26 heavy (non-hydrogen) atoms. The topological polar surface area (TPSA) is 66.9 Å². The summed E-state index contributed by atoms with van der Waals surface area (Å²) in [5, 5.41) is 0.445. The third kappa shape index (κ3) is 2.71. The van der Waals surface area contributed by atoms with Crippen LogP contribution in [-0.4, -0.2) is 34.0 Å². The van der Waals surface area contributed by atoms with Crippen molar-refractivity contribution in [3.63, 3.8) is 0 Å². The summed E-state index contributed by atoms with van der Waals surface area (Å²) >= 11 is 6.05. The molecule has 0 atom stereocenters. The molecule has 1 amide bonds. The second kappa shape index (κ2) is 6.17. The van der Waals surface area contributed by atoms with E-state index in [9.17, 15) is 13.2 Å². The fraction of sp³-hybridized carbons (Fsp3) is 0.278. The summed E-state index contributed by atoms with van der Waals surface area (Å²) in [6.45, 7) is 2.57. The van der Waals surface area contributed by atoms with Crippen LogP contribution in [0.1, 0.15) is 12.5 Å². The first kappa shape index (κ1) is 17.2. The van der Waals surface area contributed by atoms with Gasteiger partial charge < -0.3 is 9.64 Å². The van der Waals surface area contributed by atoms with Gasteiger partial charge in [0.1, 0.15) is 12.4 Å². The second-order valence-corrected chi connectivity index (χ2v) is 8.55. The lowest BCUT2D eigenvalue weighted by Crippen LogP contribution is -2.38. The molecule has 0 radical (unpaired) electrons. The fourth-order valence-electron chi connectivity index (χ4n) is 3.41. The molecule has 0 unspecified atom stereocenters. The number of nitrogens with zero attached hydrogens (tertiary/aromatic N) is 2. The van der Waals surface area contributed by atoms with Crippen molar-refractivity contribution >= 4 is 38.9 Å². The number of benzene rings is 2. The molecule has 4 rings (SSSR count). The number of carbonyl (C=O) groups is 1. The lowest BCUT2D eigenvalue weighted by molar-refractivity contribution is -0.116. The molecule has 0 bridgehead atoms. The van der Waals surface area contributed by atoms with Crippen LogP contribution in [0.3, 0.4) is 0 Å². The van der Waals surface area contributed by atoms with Gasteiger partial charge in [-0.05, 0) is 48.4 Å². The Labute approximate surface area is 157 Å². The molecule has 2 heterocycles. The van der Waals surface area contributed by atoms with Crippen LogP contribution >= 0.6 is 11.6 Å². The van der Waals surface area contributed by atoms with Crippen LogP contribution in [0.15, 0.2) is 41.3 Å². The lowest BCUT2D eigenvalue weighted by atomic mass is 10.2. The van der Waals surface area contributed by atoms with Gasteiger partial charge >= 0.3 is 0 Å². The van der Waals surface area contributed by atoms with Gasteiger partial charge in [0, 0.05) is 24.2 Å². The molecular weight excluding hydrogens is 376 g/mol. The van der Waals surface area contributed by atoms with Crippen molar-refractivity contribution < 1.29 is 17.9 Å². The predicted octanol–water partition coefficient (Wildman–Crippen LogP) is 2.84. The molecule has 0 fully saturated rings. The highest BCUT2D eigenvalue weighted by atomic mass is 35.5.